The zero-order valence-electron chi connectivity index (χ0n) is 17.1. The summed E-state index contributed by atoms with van der Waals surface area (Å²) in [4.78, 5) is 27.2. The van der Waals surface area contributed by atoms with Gasteiger partial charge < -0.3 is 15.0 Å². The molecule has 7 nitrogen and oxygen atoms in total. The highest BCUT2D eigenvalue weighted by molar-refractivity contribution is 5.76. The molecule has 0 unspecified atom stereocenters. The second-order valence-corrected chi connectivity index (χ2v) is 7.63. The largest absolute Gasteiger partial charge is 0.494 e. The van der Waals surface area contributed by atoms with Crippen molar-refractivity contribution in [3.05, 3.63) is 40.3 Å². The van der Waals surface area contributed by atoms with E-state index in [9.17, 15) is 9.59 Å². The Kier molecular flexibility index (Phi) is 7.78. The van der Waals surface area contributed by atoms with Crippen LogP contribution >= 0.6 is 0 Å². The molecule has 1 fully saturated rings. The van der Waals surface area contributed by atoms with Crippen molar-refractivity contribution in [2.45, 2.75) is 58.3 Å². The summed E-state index contributed by atoms with van der Waals surface area (Å²) in [6.07, 6.45) is 7.64. The fourth-order valence-electron chi connectivity index (χ4n) is 3.58. The Hall–Kier alpha value is -2.70. The second kappa shape index (κ2) is 10.7. The summed E-state index contributed by atoms with van der Waals surface area (Å²) >= 11 is 0. The summed E-state index contributed by atoms with van der Waals surface area (Å²) in [6, 6.07) is 7.39. The molecule has 0 saturated heterocycles. The molecule has 1 saturated carbocycles. The fraction of sp³-hybridized carbons (Fsp3) is 0.545. The predicted octanol–water partition coefficient (Wildman–Crippen LogP) is 3.25. The maximum absolute atomic E-state index is 12.4. The Labute approximate surface area is 171 Å². The van der Waals surface area contributed by atoms with E-state index >= 15 is 0 Å². The lowest BCUT2D eigenvalue weighted by Crippen LogP contribution is -2.31. The van der Waals surface area contributed by atoms with Crippen LogP contribution in [0.1, 0.15) is 57.6 Å². The van der Waals surface area contributed by atoms with Crippen LogP contribution < -0.4 is 15.6 Å². The summed E-state index contributed by atoms with van der Waals surface area (Å²) in [5.41, 5.74) is 0.704. The molecule has 1 aliphatic carbocycles. The third kappa shape index (κ3) is 6.41. The molecule has 0 atom stereocenters. The van der Waals surface area contributed by atoms with Gasteiger partial charge >= 0.3 is 0 Å². The lowest BCUT2D eigenvalue weighted by atomic mass is 9.89. The van der Waals surface area contributed by atoms with E-state index in [1.54, 1.807) is 0 Å². The third-order valence-corrected chi connectivity index (χ3v) is 5.25. The van der Waals surface area contributed by atoms with Crippen LogP contribution in [-0.4, -0.2) is 34.2 Å². The van der Waals surface area contributed by atoms with E-state index < -0.39 is 0 Å². The number of aryl methyl sites for hydroxylation is 1. The van der Waals surface area contributed by atoms with Gasteiger partial charge in [0.1, 0.15) is 11.4 Å². The quantitative estimate of drug-likeness (QED) is 0.676. The van der Waals surface area contributed by atoms with Crippen molar-refractivity contribution in [1.29, 1.82) is 0 Å². The van der Waals surface area contributed by atoms with Crippen molar-refractivity contribution in [3.8, 4) is 17.1 Å². The summed E-state index contributed by atoms with van der Waals surface area (Å²) < 4.78 is 5.62. The molecular weight excluding hydrogens is 368 g/mol. The van der Waals surface area contributed by atoms with Crippen LogP contribution in [0.4, 0.5) is 0 Å². The van der Waals surface area contributed by atoms with E-state index in [1.807, 2.05) is 31.2 Å². The molecule has 7 heteroatoms. The number of carbonyl (C=O) groups is 1. The summed E-state index contributed by atoms with van der Waals surface area (Å²) in [5, 5.41) is 11.2. The minimum atomic E-state index is -0.310. The smallest absolute Gasteiger partial charge is 0.273 e. The van der Waals surface area contributed by atoms with E-state index in [2.05, 4.69) is 20.5 Å². The van der Waals surface area contributed by atoms with Gasteiger partial charge in [-0.1, -0.05) is 38.3 Å². The molecule has 156 valence electrons. The molecule has 2 N–H and O–H groups in total. The van der Waals surface area contributed by atoms with Crippen LogP contribution in [0, 0.1) is 5.92 Å². The van der Waals surface area contributed by atoms with Crippen molar-refractivity contribution in [2.75, 3.05) is 13.2 Å². The molecule has 1 aromatic heterocycles. The van der Waals surface area contributed by atoms with E-state index in [0.717, 1.165) is 24.3 Å². The van der Waals surface area contributed by atoms with Gasteiger partial charge in [0, 0.05) is 24.9 Å². The summed E-state index contributed by atoms with van der Waals surface area (Å²) in [7, 11) is 0. The molecule has 0 radical (unpaired) electrons. The van der Waals surface area contributed by atoms with E-state index in [0.29, 0.717) is 18.3 Å². The van der Waals surface area contributed by atoms with E-state index in [-0.39, 0.29) is 30.0 Å². The Morgan fingerprint density at radius 1 is 1.24 bits per heavy atom. The van der Waals surface area contributed by atoms with Crippen LogP contribution in [-0.2, 0) is 11.2 Å². The predicted molar refractivity (Wildman–Crippen MR) is 112 cm³/mol. The number of aromatic amines is 1. The average Bonchev–Trinajstić information content (AvgIpc) is 2.76. The lowest BCUT2D eigenvalue weighted by Gasteiger charge is -2.21. The number of carbonyl (C=O) groups excluding carboxylic acids is 1. The van der Waals surface area contributed by atoms with Gasteiger partial charge in [-0.3, -0.25) is 9.59 Å². The molecule has 0 spiro atoms. The van der Waals surface area contributed by atoms with Gasteiger partial charge in [-0.25, -0.2) is 0 Å². The van der Waals surface area contributed by atoms with E-state index in [4.69, 9.17) is 4.74 Å². The van der Waals surface area contributed by atoms with Gasteiger partial charge in [0.05, 0.1) is 6.61 Å². The zero-order chi connectivity index (χ0) is 20.5. The Morgan fingerprint density at radius 3 is 2.83 bits per heavy atom. The first-order chi connectivity index (χ1) is 14.2. The summed E-state index contributed by atoms with van der Waals surface area (Å²) in [6.45, 7) is 3.41. The molecule has 0 aliphatic heterocycles. The highest BCUT2D eigenvalue weighted by Gasteiger charge is 2.15. The third-order valence-electron chi connectivity index (χ3n) is 5.25. The number of nitrogens with zero attached hydrogens (tertiary/aromatic N) is 2. The first-order valence-electron chi connectivity index (χ1n) is 10.6. The first kappa shape index (κ1) is 21.0. The van der Waals surface area contributed by atoms with Gasteiger partial charge in [0.2, 0.25) is 5.91 Å². The standard InChI is InChI=1S/C22H30N4O3/c1-2-13-29-18-10-6-9-17(14-18)21-24-22(28)19(25-26-21)11-12-20(27)23-15-16-7-4-3-5-8-16/h6,9-10,14,16H,2-5,7-8,11-13,15H2,1H3,(H,23,27)(H,24,26,28). The maximum atomic E-state index is 12.4. The topological polar surface area (TPSA) is 97.0 Å². The highest BCUT2D eigenvalue weighted by Crippen LogP contribution is 2.23. The summed E-state index contributed by atoms with van der Waals surface area (Å²) in [5.74, 6) is 1.67. The maximum Gasteiger partial charge on any atom is 0.273 e. The van der Waals surface area contributed by atoms with Crippen molar-refractivity contribution in [2.24, 2.45) is 5.92 Å². The highest BCUT2D eigenvalue weighted by atomic mass is 16.5. The molecule has 1 aliphatic rings. The van der Waals surface area contributed by atoms with Crippen LogP contribution in [0.3, 0.4) is 0 Å². The second-order valence-electron chi connectivity index (χ2n) is 7.63. The van der Waals surface area contributed by atoms with Crippen molar-refractivity contribution >= 4 is 5.91 Å². The molecule has 3 rings (SSSR count). The monoisotopic (exact) mass is 398 g/mol. The minimum absolute atomic E-state index is 0.0402. The Morgan fingerprint density at radius 2 is 2.07 bits per heavy atom. The van der Waals surface area contributed by atoms with E-state index in [1.165, 1.54) is 32.1 Å². The first-order valence-corrected chi connectivity index (χ1v) is 10.6. The van der Waals surface area contributed by atoms with Crippen molar-refractivity contribution in [3.63, 3.8) is 0 Å². The number of hydrogen-bond acceptors (Lipinski definition) is 5. The fourth-order valence-corrected chi connectivity index (χ4v) is 3.58. The molecule has 0 bridgehead atoms. The van der Waals surface area contributed by atoms with Gasteiger partial charge in [0.25, 0.3) is 5.56 Å². The number of H-pyrrole nitrogens is 1. The SMILES string of the molecule is CCCOc1cccc(-c2nnc(CCC(=O)NCC3CCCCC3)c(=O)[nH]2)c1. The van der Waals surface area contributed by atoms with Crippen LogP contribution in [0.15, 0.2) is 29.1 Å². The zero-order valence-corrected chi connectivity index (χ0v) is 17.1. The number of hydrogen-bond donors (Lipinski definition) is 2. The molecule has 1 heterocycles. The number of ether oxygens (including phenoxy) is 1. The lowest BCUT2D eigenvalue weighted by molar-refractivity contribution is -0.121. The minimum Gasteiger partial charge on any atom is -0.494 e. The van der Waals surface area contributed by atoms with Gasteiger partial charge in [-0.05, 0) is 37.3 Å². The molecule has 1 amide bonds. The molecular formula is C22H30N4O3. The van der Waals surface area contributed by atoms with Gasteiger partial charge in [0.15, 0.2) is 5.82 Å². The number of benzene rings is 1. The molecule has 29 heavy (non-hydrogen) atoms. The number of amides is 1. The molecule has 1 aromatic carbocycles. The Bertz CT molecular complexity index is 859. The van der Waals surface area contributed by atoms with Gasteiger partial charge in [-0.15, -0.1) is 10.2 Å². The number of nitrogens with one attached hydrogen (secondary N) is 2. The Balaban J connectivity index is 1.54. The molecule has 2 aromatic rings. The van der Waals surface area contributed by atoms with Gasteiger partial charge in [-0.2, -0.15) is 0 Å². The van der Waals surface area contributed by atoms with Crippen LogP contribution in [0.2, 0.25) is 0 Å². The van der Waals surface area contributed by atoms with Crippen molar-refractivity contribution in [1.82, 2.24) is 20.5 Å². The van der Waals surface area contributed by atoms with Crippen molar-refractivity contribution < 1.29 is 9.53 Å². The average molecular weight is 399 g/mol. The normalized spacial score (nSPS) is 14.5. The number of rotatable bonds is 9. The van der Waals surface area contributed by atoms with Crippen LogP contribution in [0.25, 0.3) is 11.4 Å². The van der Waals surface area contributed by atoms with Crippen LogP contribution in [0.5, 0.6) is 5.75 Å². The number of aromatic nitrogens is 3.